The highest BCUT2D eigenvalue weighted by Crippen LogP contribution is 2.35. The summed E-state index contributed by atoms with van der Waals surface area (Å²) < 4.78 is 5.90. The first kappa shape index (κ1) is 16.3. The number of hydrogen-bond donors (Lipinski definition) is 1. The van der Waals surface area contributed by atoms with Gasteiger partial charge in [0.05, 0.1) is 17.7 Å². The van der Waals surface area contributed by atoms with Gasteiger partial charge in [0, 0.05) is 17.3 Å². The molecule has 5 heteroatoms. The van der Waals surface area contributed by atoms with Gasteiger partial charge in [-0.25, -0.2) is 9.97 Å². The number of anilines is 2. The number of benzene rings is 2. The quantitative estimate of drug-likeness (QED) is 0.750. The van der Waals surface area contributed by atoms with E-state index in [2.05, 4.69) is 15.3 Å². The number of fused-ring (bicyclic) bond motifs is 1. The number of nitrogens with zero attached hydrogens (tertiary/aromatic N) is 2. The van der Waals surface area contributed by atoms with Gasteiger partial charge in [-0.05, 0) is 32.0 Å². The zero-order chi connectivity index (χ0) is 18.1. The van der Waals surface area contributed by atoms with E-state index in [0.717, 1.165) is 16.9 Å². The number of aromatic nitrogens is 2. The normalized spacial score (nSPS) is 15.1. The number of nitrogens with one attached hydrogen (secondary N) is 1. The Morgan fingerprint density at radius 2 is 1.85 bits per heavy atom. The molecule has 0 amide bonds. The number of ketones is 1. The van der Waals surface area contributed by atoms with Crippen molar-refractivity contribution in [3.05, 3.63) is 66.5 Å². The highest BCUT2D eigenvalue weighted by Gasteiger charge is 2.32. The summed E-state index contributed by atoms with van der Waals surface area (Å²) in [5.41, 5.74) is 2.79. The predicted octanol–water partition coefficient (Wildman–Crippen LogP) is 4.63. The first-order valence-electron chi connectivity index (χ1n) is 8.51. The maximum absolute atomic E-state index is 12.4. The van der Waals surface area contributed by atoms with Crippen LogP contribution in [-0.2, 0) is 0 Å². The van der Waals surface area contributed by atoms with Crippen LogP contribution in [-0.4, -0.2) is 21.4 Å². The van der Waals surface area contributed by atoms with Crippen LogP contribution in [0.3, 0.4) is 0 Å². The van der Waals surface area contributed by atoms with Gasteiger partial charge in [0.15, 0.2) is 5.78 Å². The van der Waals surface area contributed by atoms with Gasteiger partial charge in [0.2, 0.25) is 0 Å². The van der Waals surface area contributed by atoms with Crippen LogP contribution in [0.25, 0.3) is 11.3 Å². The van der Waals surface area contributed by atoms with E-state index in [1.54, 1.807) is 0 Å². The van der Waals surface area contributed by atoms with Gasteiger partial charge < -0.3 is 10.1 Å². The van der Waals surface area contributed by atoms with E-state index in [-0.39, 0.29) is 5.78 Å². The minimum Gasteiger partial charge on any atom is -0.487 e. The number of carbonyl (C=O) groups is 1. The van der Waals surface area contributed by atoms with Crippen LogP contribution in [0.4, 0.5) is 11.5 Å². The second-order valence-corrected chi connectivity index (χ2v) is 6.95. The molecule has 0 spiro atoms. The highest BCUT2D eigenvalue weighted by molar-refractivity contribution is 6.01. The van der Waals surface area contributed by atoms with Gasteiger partial charge in [0.25, 0.3) is 0 Å². The molecule has 2 heterocycles. The Balaban J connectivity index is 1.61. The summed E-state index contributed by atoms with van der Waals surface area (Å²) in [4.78, 5) is 21.0. The summed E-state index contributed by atoms with van der Waals surface area (Å²) in [6.07, 6.45) is 1.90. The van der Waals surface area contributed by atoms with Crippen molar-refractivity contribution in [2.24, 2.45) is 0 Å². The van der Waals surface area contributed by atoms with Crippen molar-refractivity contribution in [1.82, 2.24) is 9.97 Å². The lowest BCUT2D eigenvalue weighted by molar-refractivity contribution is 0.0620. The molecule has 2 aromatic carbocycles. The molecule has 1 N–H and O–H groups in total. The molecule has 0 atom stereocenters. The van der Waals surface area contributed by atoms with Crippen molar-refractivity contribution in [3.8, 4) is 17.0 Å². The summed E-state index contributed by atoms with van der Waals surface area (Å²) in [5.74, 6) is 1.39. The molecule has 0 bridgehead atoms. The molecule has 0 unspecified atom stereocenters. The van der Waals surface area contributed by atoms with Gasteiger partial charge in [0.1, 0.15) is 23.5 Å². The van der Waals surface area contributed by atoms with Gasteiger partial charge in [-0.1, -0.05) is 30.3 Å². The van der Waals surface area contributed by atoms with E-state index < -0.39 is 5.60 Å². The van der Waals surface area contributed by atoms with Crippen LogP contribution < -0.4 is 10.1 Å². The lowest BCUT2D eigenvalue weighted by atomic mass is 9.93. The standard InChI is InChI=1S/C21H19N3O2/c1-21(2)12-18(25)16-10-15(8-9-19(16)26-21)24-20-11-17(22-13-23-20)14-6-4-3-5-7-14/h3-11,13H,12H2,1-2H3,(H,22,23,24). The third kappa shape index (κ3) is 3.28. The number of ether oxygens (including phenoxy) is 1. The van der Waals surface area contributed by atoms with Gasteiger partial charge >= 0.3 is 0 Å². The molecule has 4 rings (SSSR count). The summed E-state index contributed by atoms with van der Waals surface area (Å²) >= 11 is 0. The predicted molar refractivity (Wildman–Crippen MR) is 101 cm³/mol. The van der Waals surface area contributed by atoms with E-state index in [1.807, 2.05) is 68.4 Å². The van der Waals surface area contributed by atoms with Crippen LogP contribution in [0.1, 0.15) is 30.6 Å². The van der Waals surface area contributed by atoms with Gasteiger partial charge in [-0.2, -0.15) is 0 Å². The number of carbonyl (C=O) groups excluding carboxylic acids is 1. The summed E-state index contributed by atoms with van der Waals surface area (Å²) in [7, 11) is 0. The van der Waals surface area contributed by atoms with E-state index >= 15 is 0 Å². The van der Waals surface area contributed by atoms with Crippen LogP contribution in [0.2, 0.25) is 0 Å². The Kier molecular flexibility index (Phi) is 3.92. The highest BCUT2D eigenvalue weighted by atomic mass is 16.5. The molecule has 1 aliphatic heterocycles. The molecule has 3 aromatic rings. The molecular weight excluding hydrogens is 326 g/mol. The fourth-order valence-corrected chi connectivity index (χ4v) is 3.07. The second kappa shape index (κ2) is 6.26. The third-order valence-electron chi connectivity index (χ3n) is 4.26. The monoisotopic (exact) mass is 345 g/mol. The van der Waals surface area contributed by atoms with Crippen molar-refractivity contribution in [2.75, 3.05) is 5.32 Å². The number of hydrogen-bond acceptors (Lipinski definition) is 5. The molecule has 0 fully saturated rings. The van der Waals surface area contributed by atoms with E-state index in [1.165, 1.54) is 6.33 Å². The molecule has 0 radical (unpaired) electrons. The molecule has 0 aliphatic carbocycles. The van der Waals surface area contributed by atoms with Crippen molar-refractivity contribution >= 4 is 17.3 Å². The third-order valence-corrected chi connectivity index (χ3v) is 4.26. The molecule has 0 saturated heterocycles. The van der Waals surface area contributed by atoms with E-state index in [4.69, 9.17) is 4.74 Å². The summed E-state index contributed by atoms with van der Waals surface area (Å²) in [6.45, 7) is 3.85. The largest absolute Gasteiger partial charge is 0.487 e. The van der Waals surface area contributed by atoms with Crippen LogP contribution in [0.15, 0.2) is 60.9 Å². The zero-order valence-electron chi connectivity index (χ0n) is 14.7. The Hall–Kier alpha value is -3.21. The molecular formula is C21H19N3O2. The minimum atomic E-state index is -0.462. The molecule has 1 aromatic heterocycles. The fourth-order valence-electron chi connectivity index (χ4n) is 3.07. The van der Waals surface area contributed by atoms with Gasteiger partial charge in [-0.3, -0.25) is 4.79 Å². The molecule has 0 saturated carbocycles. The second-order valence-electron chi connectivity index (χ2n) is 6.95. The average molecular weight is 345 g/mol. The van der Waals surface area contributed by atoms with E-state index in [9.17, 15) is 4.79 Å². The average Bonchev–Trinajstić information content (AvgIpc) is 2.62. The Bertz CT molecular complexity index is 968. The summed E-state index contributed by atoms with van der Waals surface area (Å²) in [5, 5.41) is 3.25. The SMILES string of the molecule is CC1(C)CC(=O)c2cc(Nc3cc(-c4ccccc4)ncn3)ccc2O1. The Labute approximate surface area is 152 Å². The fraction of sp³-hybridized carbons (Fsp3) is 0.190. The lowest BCUT2D eigenvalue weighted by Gasteiger charge is -2.31. The first-order chi connectivity index (χ1) is 12.5. The zero-order valence-corrected chi connectivity index (χ0v) is 14.7. The molecule has 5 nitrogen and oxygen atoms in total. The van der Waals surface area contributed by atoms with Crippen LogP contribution in [0.5, 0.6) is 5.75 Å². The van der Waals surface area contributed by atoms with E-state index in [0.29, 0.717) is 23.6 Å². The molecule has 130 valence electrons. The smallest absolute Gasteiger partial charge is 0.170 e. The Morgan fingerprint density at radius 1 is 1.04 bits per heavy atom. The lowest BCUT2D eigenvalue weighted by Crippen LogP contribution is -2.35. The molecule has 26 heavy (non-hydrogen) atoms. The van der Waals surface area contributed by atoms with Gasteiger partial charge in [-0.15, -0.1) is 0 Å². The molecule has 1 aliphatic rings. The van der Waals surface area contributed by atoms with Crippen molar-refractivity contribution in [3.63, 3.8) is 0 Å². The van der Waals surface area contributed by atoms with Crippen molar-refractivity contribution in [2.45, 2.75) is 25.9 Å². The van der Waals surface area contributed by atoms with Crippen LogP contribution >= 0.6 is 0 Å². The number of rotatable bonds is 3. The number of Topliss-reactive ketones (excluding diaryl/α,β-unsaturated/α-hetero) is 1. The maximum Gasteiger partial charge on any atom is 0.170 e. The summed E-state index contributed by atoms with van der Waals surface area (Å²) in [6, 6.07) is 17.3. The van der Waals surface area contributed by atoms with Crippen molar-refractivity contribution in [1.29, 1.82) is 0 Å². The van der Waals surface area contributed by atoms with Crippen LogP contribution in [0, 0.1) is 0 Å². The topological polar surface area (TPSA) is 64.1 Å². The Morgan fingerprint density at radius 3 is 2.65 bits per heavy atom. The maximum atomic E-state index is 12.4. The van der Waals surface area contributed by atoms with Crippen molar-refractivity contribution < 1.29 is 9.53 Å². The minimum absolute atomic E-state index is 0.0903. The first-order valence-corrected chi connectivity index (χ1v) is 8.51.